The molecule has 2 rings (SSSR count). The molecule has 0 saturated carbocycles. The maximum atomic E-state index is 5.95. The molecule has 0 amide bonds. The summed E-state index contributed by atoms with van der Waals surface area (Å²) in [5.41, 5.74) is 8.09. The molecule has 1 aromatic heterocycles. The molecule has 1 heterocycles. The summed E-state index contributed by atoms with van der Waals surface area (Å²) in [7, 11) is 0. The van der Waals surface area contributed by atoms with Gasteiger partial charge in [-0.2, -0.15) is 4.98 Å². The van der Waals surface area contributed by atoms with Crippen LogP contribution < -0.4 is 10.5 Å². The Kier molecular flexibility index (Phi) is 4.16. The van der Waals surface area contributed by atoms with Crippen molar-refractivity contribution in [2.45, 2.75) is 39.8 Å². The highest BCUT2D eigenvalue weighted by Gasteiger charge is 2.11. The number of benzene rings is 1. The minimum Gasteiger partial charge on any atom is -0.483 e. The molecule has 0 aliphatic carbocycles. The Bertz CT molecular complexity index is 549. The lowest BCUT2D eigenvalue weighted by atomic mass is 10.1. The minimum absolute atomic E-state index is 0.0798. The first-order valence-corrected chi connectivity index (χ1v) is 6.40. The Morgan fingerprint density at radius 3 is 2.84 bits per heavy atom. The van der Waals surface area contributed by atoms with Gasteiger partial charge < -0.3 is 15.0 Å². The van der Waals surface area contributed by atoms with E-state index in [1.54, 1.807) is 0 Å². The molecule has 0 fully saturated rings. The van der Waals surface area contributed by atoms with Crippen molar-refractivity contribution < 1.29 is 9.26 Å². The van der Waals surface area contributed by atoms with Gasteiger partial charge in [-0.15, -0.1) is 0 Å². The van der Waals surface area contributed by atoms with Crippen LogP contribution in [-0.4, -0.2) is 10.1 Å². The van der Waals surface area contributed by atoms with E-state index in [0.717, 1.165) is 23.3 Å². The average molecular weight is 261 g/mol. The van der Waals surface area contributed by atoms with Crippen molar-refractivity contribution in [2.24, 2.45) is 5.73 Å². The van der Waals surface area contributed by atoms with Crippen molar-refractivity contribution in [3.05, 3.63) is 41.0 Å². The lowest BCUT2D eigenvalue weighted by Gasteiger charge is -2.13. The van der Waals surface area contributed by atoms with Gasteiger partial charge in [0, 0.05) is 18.0 Å². The Balaban J connectivity index is 2.10. The molecule has 2 aromatic rings. The first-order chi connectivity index (χ1) is 9.10. The topological polar surface area (TPSA) is 74.2 Å². The van der Waals surface area contributed by atoms with Crippen molar-refractivity contribution in [1.29, 1.82) is 0 Å². The number of ether oxygens (including phenoxy) is 1. The highest BCUT2D eigenvalue weighted by molar-refractivity contribution is 5.38. The number of hydrogen-bond donors (Lipinski definition) is 1. The molecular formula is C14H19N3O2. The molecule has 1 atom stereocenters. The van der Waals surface area contributed by atoms with Crippen LogP contribution in [0.3, 0.4) is 0 Å². The predicted octanol–water partition coefficient (Wildman–Crippen LogP) is 2.54. The van der Waals surface area contributed by atoms with Crippen LogP contribution >= 0.6 is 0 Å². The third-order valence-corrected chi connectivity index (χ3v) is 2.83. The smallest absolute Gasteiger partial charge is 0.264 e. The molecule has 0 radical (unpaired) electrons. The number of nitrogens with zero attached hydrogens (tertiary/aromatic N) is 2. The summed E-state index contributed by atoms with van der Waals surface area (Å²) < 4.78 is 10.8. The second kappa shape index (κ2) is 5.84. The molecule has 0 saturated heterocycles. The fourth-order valence-electron chi connectivity index (χ4n) is 1.79. The minimum atomic E-state index is -0.0798. The maximum absolute atomic E-state index is 5.95. The first-order valence-electron chi connectivity index (χ1n) is 6.40. The van der Waals surface area contributed by atoms with Crippen LogP contribution in [0.1, 0.15) is 42.7 Å². The lowest BCUT2D eigenvalue weighted by Crippen LogP contribution is -2.08. The number of hydrogen-bond acceptors (Lipinski definition) is 5. The summed E-state index contributed by atoms with van der Waals surface area (Å²) in [6.45, 7) is 6.20. The number of rotatable bonds is 5. The second-order valence-corrected chi connectivity index (χ2v) is 4.58. The van der Waals surface area contributed by atoms with Crippen LogP contribution in [0.4, 0.5) is 0 Å². The monoisotopic (exact) mass is 261 g/mol. The lowest BCUT2D eigenvalue weighted by molar-refractivity contribution is 0.240. The first kappa shape index (κ1) is 13.5. The van der Waals surface area contributed by atoms with Crippen LogP contribution in [0.2, 0.25) is 0 Å². The standard InChI is InChI=1S/C14H19N3O2/c1-4-13-16-14(19-17-13)8-18-12-6-5-9(2)7-11(12)10(3)15/h5-7,10H,4,8,15H2,1-3H3/t10-/m1/s1. The van der Waals surface area contributed by atoms with Crippen LogP contribution in [-0.2, 0) is 13.0 Å². The normalized spacial score (nSPS) is 12.4. The summed E-state index contributed by atoms with van der Waals surface area (Å²) >= 11 is 0. The SMILES string of the molecule is CCc1noc(COc2ccc(C)cc2[C@@H](C)N)n1. The highest BCUT2D eigenvalue weighted by Crippen LogP contribution is 2.25. The van der Waals surface area contributed by atoms with E-state index in [9.17, 15) is 0 Å². The van der Waals surface area contributed by atoms with Gasteiger partial charge >= 0.3 is 0 Å². The van der Waals surface area contributed by atoms with Gasteiger partial charge in [0.25, 0.3) is 5.89 Å². The van der Waals surface area contributed by atoms with Crippen molar-refractivity contribution in [2.75, 3.05) is 0 Å². The van der Waals surface area contributed by atoms with Crippen molar-refractivity contribution in [3.8, 4) is 5.75 Å². The van der Waals surface area contributed by atoms with Crippen molar-refractivity contribution in [3.63, 3.8) is 0 Å². The zero-order valence-electron chi connectivity index (χ0n) is 11.5. The summed E-state index contributed by atoms with van der Waals surface area (Å²) in [4.78, 5) is 4.20. The molecule has 0 bridgehead atoms. The van der Waals surface area contributed by atoms with Crippen molar-refractivity contribution in [1.82, 2.24) is 10.1 Å². The van der Waals surface area contributed by atoms with Crippen molar-refractivity contribution >= 4 is 0 Å². The van der Waals surface area contributed by atoms with Crippen LogP contribution in [0.25, 0.3) is 0 Å². The van der Waals surface area contributed by atoms with E-state index in [0.29, 0.717) is 11.7 Å². The number of nitrogens with two attached hydrogens (primary N) is 1. The molecule has 5 nitrogen and oxygen atoms in total. The van der Waals surface area contributed by atoms with Gasteiger partial charge in [-0.05, 0) is 19.9 Å². The van der Waals surface area contributed by atoms with Gasteiger partial charge in [-0.1, -0.05) is 29.8 Å². The summed E-state index contributed by atoms with van der Waals surface area (Å²) in [6, 6.07) is 5.87. The molecule has 19 heavy (non-hydrogen) atoms. The van der Waals surface area contributed by atoms with Crippen LogP contribution in [0, 0.1) is 6.92 Å². The fourth-order valence-corrected chi connectivity index (χ4v) is 1.79. The van der Waals surface area contributed by atoms with E-state index in [-0.39, 0.29) is 12.6 Å². The van der Waals surface area contributed by atoms with E-state index in [2.05, 4.69) is 10.1 Å². The van der Waals surface area contributed by atoms with E-state index in [1.807, 2.05) is 39.0 Å². The molecule has 1 aromatic carbocycles. The van der Waals surface area contributed by atoms with Gasteiger partial charge in [0.15, 0.2) is 12.4 Å². The number of aromatic nitrogens is 2. The molecule has 0 spiro atoms. The highest BCUT2D eigenvalue weighted by atomic mass is 16.5. The van der Waals surface area contributed by atoms with Gasteiger partial charge in [-0.25, -0.2) is 0 Å². The molecule has 5 heteroatoms. The van der Waals surface area contributed by atoms with Crippen LogP contribution in [0.5, 0.6) is 5.75 Å². The third kappa shape index (κ3) is 3.32. The van der Waals surface area contributed by atoms with Crippen LogP contribution in [0.15, 0.2) is 22.7 Å². The van der Waals surface area contributed by atoms with E-state index < -0.39 is 0 Å². The Morgan fingerprint density at radius 1 is 1.42 bits per heavy atom. The summed E-state index contributed by atoms with van der Waals surface area (Å²) in [5.74, 6) is 1.93. The quantitative estimate of drug-likeness (QED) is 0.895. The van der Waals surface area contributed by atoms with Gasteiger partial charge in [0.05, 0.1) is 0 Å². The molecule has 0 aliphatic heterocycles. The van der Waals surface area contributed by atoms with Gasteiger partial charge in [0.2, 0.25) is 0 Å². The average Bonchev–Trinajstić information content (AvgIpc) is 2.85. The van der Waals surface area contributed by atoms with Gasteiger partial charge in [0.1, 0.15) is 5.75 Å². The molecular weight excluding hydrogens is 242 g/mol. The molecule has 0 unspecified atom stereocenters. The van der Waals surface area contributed by atoms with E-state index in [1.165, 1.54) is 0 Å². The Labute approximate surface area is 112 Å². The second-order valence-electron chi connectivity index (χ2n) is 4.58. The molecule has 102 valence electrons. The largest absolute Gasteiger partial charge is 0.483 e. The zero-order valence-corrected chi connectivity index (χ0v) is 11.5. The predicted molar refractivity (Wildman–Crippen MR) is 71.8 cm³/mol. The fraction of sp³-hybridized carbons (Fsp3) is 0.429. The Hall–Kier alpha value is -1.88. The molecule has 2 N–H and O–H groups in total. The Morgan fingerprint density at radius 2 is 2.21 bits per heavy atom. The third-order valence-electron chi connectivity index (χ3n) is 2.83. The van der Waals surface area contributed by atoms with E-state index >= 15 is 0 Å². The maximum Gasteiger partial charge on any atom is 0.264 e. The van der Waals surface area contributed by atoms with E-state index in [4.69, 9.17) is 15.0 Å². The number of aryl methyl sites for hydroxylation is 2. The zero-order chi connectivity index (χ0) is 13.8. The molecule has 0 aliphatic rings. The van der Waals surface area contributed by atoms with Gasteiger partial charge in [-0.3, -0.25) is 0 Å². The summed E-state index contributed by atoms with van der Waals surface area (Å²) in [5, 5.41) is 3.83. The summed E-state index contributed by atoms with van der Waals surface area (Å²) in [6.07, 6.45) is 0.749.